The Morgan fingerprint density at radius 3 is 3.31 bits per heavy atom. The van der Waals surface area contributed by atoms with Crippen molar-refractivity contribution < 1.29 is 9.59 Å². The fourth-order valence-corrected chi connectivity index (χ4v) is 2.36. The van der Waals surface area contributed by atoms with Gasteiger partial charge in [0.1, 0.15) is 0 Å². The zero-order valence-corrected chi connectivity index (χ0v) is 7.61. The van der Waals surface area contributed by atoms with Gasteiger partial charge in [-0.25, -0.2) is 0 Å². The van der Waals surface area contributed by atoms with E-state index in [4.69, 9.17) is 0 Å². The van der Waals surface area contributed by atoms with E-state index in [0.29, 0.717) is 19.5 Å². The number of fused-ring (bicyclic) bond motifs is 1. The molecule has 0 aromatic carbocycles. The van der Waals surface area contributed by atoms with Gasteiger partial charge < -0.3 is 10.6 Å². The van der Waals surface area contributed by atoms with Crippen molar-refractivity contribution in [3.05, 3.63) is 21.4 Å². The number of hydrogen-bond acceptors (Lipinski definition) is 3. The predicted molar refractivity (Wildman–Crippen MR) is 48.4 cm³/mol. The molecule has 13 heavy (non-hydrogen) atoms. The number of carbonyl (C=O) groups is 2. The van der Waals surface area contributed by atoms with Crippen LogP contribution in [-0.4, -0.2) is 12.3 Å². The van der Waals surface area contributed by atoms with Crippen LogP contribution in [0.2, 0.25) is 0 Å². The summed E-state index contributed by atoms with van der Waals surface area (Å²) in [6.45, 7) is 1.10. The maximum absolute atomic E-state index is 11.2. The Labute approximate surface area is 78.9 Å². The average Bonchev–Trinajstić information content (AvgIpc) is 2.67. The largest absolute Gasteiger partial charge is 0.355 e. The first-order chi connectivity index (χ1) is 6.33. The zero-order chi connectivity index (χ0) is 9.26. The molecule has 1 aromatic heterocycles. The van der Waals surface area contributed by atoms with Crippen LogP contribution >= 0.6 is 11.3 Å². The molecular weight excluding hydrogens is 188 g/mol. The summed E-state index contributed by atoms with van der Waals surface area (Å²) in [7, 11) is 0. The molecule has 1 aliphatic rings. The smallest absolute Gasteiger partial charge is 0.261 e. The van der Waals surface area contributed by atoms with Crippen LogP contribution in [0.1, 0.15) is 20.8 Å². The number of carbonyl (C=O) groups excluding carboxylic acids is 2. The van der Waals surface area contributed by atoms with Crippen LogP contribution in [0, 0.1) is 0 Å². The number of nitrogens with one attached hydrogen (secondary N) is 2. The van der Waals surface area contributed by atoms with E-state index < -0.39 is 0 Å². The van der Waals surface area contributed by atoms with E-state index in [9.17, 15) is 9.59 Å². The monoisotopic (exact) mass is 196 g/mol. The molecule has 1 aromatic rings. The second-order valence-corrected chi connectivity index (χ2v) is 3.63. The van der Waals surface area contributed by atoms with Crippen LogP contribution in [0.4, 0.5) is 0 Å². The standard InChI is InChI=1S/C8H8N2O2S/c11-4-9-1-5-3-13-7-6(5)2-10-8(7)12/h3-4H,1-2H2,(H,9,11)(H,10,12). The molecular formula is C8H8N2O2S. The first kappa shape index (κ1) is 8.25. The fourth-order valence-electron chi connectivity index (χ4n) is 1.35. The third kappa shape index (κ3) is 1.31. The van der Waals surface area contributed by atoms with Gasteiger partial charge in [-0.1, -0.05) is 0 Å². The molecule has 0 saturated heterocycles. The summed E-state index contributed by atoms with van der Waals surface area (Å²) in [4.78, 5) is 22.0. The Bertz CT molecular complexity index is 359. The highest BCUT2D eigenvalue weighted by Crippen LogP contribution is 2.26. The minimum Gasteiger partial charge on any atom is -0.355 e. The van der Waals surface area contributed by atoms with Crippen LogP contribution in [0.3, 0.4) is 0 Å². The summed E-state index contributed by atoms with van der Waals surface area (Å²) in [5, 5.41) is 7.24. The van der Waals surface area contributed by atoms with Gasteiger partial charge in [-0.05, 0) is 16.5 Å². The highest BCUT2D eigenvalue weighted by molar-refractivity contribution is 7.12. The average molecular weight is 196 g/mol. The Hall–Kier alpha value is -1.36. The minimum atomic E-state index is -0.00245. The summed E-state index contributed by atoms with van der Waals surface area (Å²) in [6, 6.07) is 0. The highest BCUT2D eigenvalue weighted by Gasteiger charge is 2.23. The van der Waals surface area contributed by atoms with Gasteiger partial charge in [-0.2, -0.15) is 0 Å². The molecule has 0 fully saturated rings. The van der Waals surface area contributed by atoms with Gasteiger partial charge >= 0.3 is 0 Å². The topological polar surface area (TPSA) is 58.2 Å². The van der Waals surface area contributed by atoms with Crippen molar-refractivity contribution in [3.8, 4) is 0 Å². The van der Waals surface area contributed by atoms with Crippen LogP contribution in [0.25, 0.3) is 0 Å². The molecule has 0 bridgehead atoms. The Kier molecular flexibility index (Phi) is 2.02. The summed E-state index contributed by atoms with van der Waals surface area (Å²) in [5.41, 5.74) is 2.06. The van der Waals surface area contributed by atoms with Crippen molar-refractivity contribution in [1.82, 2.24) is 10.6 Å². The van der Waals surface area contributed by atoms with Crippen LogP contribution < -0.4 is 10.6 Å². The molecule has 1 aliphatic heterocycles. The maximum Gasteiger partial charge on any atom is 0.261 e. The maximum atomic E-state index is 11.2. The molecule has 0 atom stereocenters. The third-order valence-electron chi connectivity index (χ3n) is 1.99. The van der Waals surface area contributed by atoms with Gasteiger partial charge in [0.25, 0.3) is 5.91 Å². The zero-order valence-electron chi connectivity index (χ0n) is 6.79. The Balaban J connectivity index is 2.24. The van der Waals surface area contributed by atoms with Gasteiger partial charge in [0.15, 0.2) is 0 Å². The summed E-state index contributed by atoms with van der Waals surface area (Å²) >= 11 is 1.43. The van der Waals surface area contributed by atoms with Gasteiger partial charge in [-0.15, -0.1) is 11.3 Å². The van der Waals surface area contributed by atoms with E-state index in [1.165, 1.54) is 11.3 Å². The molecule has 0 unspecified atom stereocenters. The number of thiophene rings is 1. The van der Waals surface area contributed by atoms with E-state index >= 15 is 0 Å². The predicted octanol–water partition coefficient (Wildman–Crippen LogP) is 0.237. The van der Waals surface area contributed by atoms with Crippen LogP contribution in [0.5, 0.6) is 0 Å². The van der Waals surface area contributed by atoms with Gasteiger partial charge in [0, 0.05) is 13.1 Å². The van der Waals surface area contributed by atoms with E-state index in [-0.39, 0.29) is 5.91 Å². The summed E-state index contributed by atoms with van der Waals surface area (Å²) in [5.74, 6) is -0.00245. The lowest BCUT2D eigenvalue weighted by Gasteiger charge is -1.97. The van der Waals surface area contributed by atoms with Crippen molar-refractivity contribution in [2.75, 3.05) is 0 Å². The quantitative estimate of drug-likeness (QED) is 0.680. The molecule has 4 nitrogen and oxygen atoms in total. The van der Waals surface area contributed by atoms with Gasteiger partial charge in [0.2, 0.25) is 6.41 Å². The second kappa shape index (κ2) is 3.18. The second-order valence-electron chi connectivity index (χ2n) is 2.75. The lowest BCUT2D eigenvalue weighted by atomic mass is 10.2. The molecule has 2 amide bonds. The van der Waals surface area contributed by atoms with E-state index in [0.717, 1.165) is 16.0 Å². The lowest BCUT2D eigenvalue weighted by Crippen LogP contribution is -2.13. The number of rotatable bonds is 3. The SMILES string of the molecule is O=CNCc1csc2c1CNC2=O. The fraction of sp³-hybridized carbons (Fsp3) is 0.250. The van der Waals surface area contributed by atoms with Gasteiger partial charge in [-0.3, -0.25) is 9.59 Å². The van der Waals surface area contributed by atoms with Crippen LogP contribution in [0.15, 0.2) is 5.38 Å². The normalized spacial score (nSPS) is 13.7. The van der Waals surface area contributed by atoms with E-state index in [1.54, 1.807) is 0 Å². The number of hydrogen-bond donors (Lipinski definition) is 2. The molecule has 2 heterocycles. The molecule has 0 spiro atoms. The minimum absolute atomic E-state index is 0.00245. The lowest BCUT2D eigenvalue weighted by molar-refractivity contribution is -0.109. The van der Waals surface area contributed by atoms with Crippen molar-refractivity contribution in [2.24, 2.45) is 0 Å². The van der Waals surface area contributed by atoms with Crippen molar-refractivity contribution >= 4 is 23.7 Å². The highest BCUT2D eigenvalue weighted by atomic mass is 32.1. The Morgan fingerprint density at radius 1 is 1.69 bits per heavy atom. The molecule has 0 saturated carbocycles. The van der Waals surface area contributed by atoms with Crippen molar-refractivity contribution in [2.45, 2.75) is 13.1 Å². The summed E-state index contributed by atoms with van der Waals surface area (Å²) < 4.78 is 0. The molecule has 5 heteroatoms. The van der Waals surface area contributed by atoms with Crippen LogP contribution in [-0.2, 0) is 17.9 Å². The molecule has 0 aliphatic carbocycles. The molecule has 2 rings (SSSR count). The van der Waals surface area contributed by atoms with E-state index in [1.807, 2.05) is 5.38 Å². The summed E-state index contributed by atoms with van der Waals surface area (Å²) in [6.07, 6.45) is 0.661. The van der Waals surface area contributed by atoms with Gasteiger partial charge in [0.05, 0.1) is 4.88 Å². The third-order valence-corrected chi connectivity index (χ3v) is 3.06. The Morgan fingerprint density at radius 2 is 2.54 bits per heavy atom. The van der Waals surface area contributed by atoms with Crippen molar-refractivity contribution in [3.63, 3.8) is 0 Å². The van der Waals surface area contributed by atoms with Crippen molar-refractivity contribution in [1.29, 1.82) is 0 Å². The first-order valence-corrected chi connectivity index (χ1v) is 4.75. The van der Waals surface area contributed by atoms with E-state index in [2.05, 4.69) is 10.6 Å². The number of amides is 2. The molecule has 0 radical (unpaired) electrons. The molecule has 2 N–H and O–H groups in total. The molecule has 68 valence electrons. The first-order valence-electron chi connectivity index (χ1n) is 3.87.